The Kier molecular flexibility index (Phi) is 4.83. The van der Waals surface area contributed by atoms with Gasteiger partial charge in [0.15, 0.2) is 0 Å². The molecule has 0 atom stereocenters. The predicted molar refractivity (Wildman–Crippen MR) is 65.8 cm³/mol. The van der Waals surface area contributed by atoms with Gasteiger partial charge >= 0.3 is 0 Å². The summed E-state index contributed by atoms with van der Waals surface area (Å²) in [7, 11) is -3.07. The first-order chi connectivity index (χ1) is 8.64. The first kappa shape index (κ1) is 15.8. The number of rotatable bonds is 4. The van der Waals surface area contributed by atoms with Crippen LogP contribution in [0.1, 0.15) is 10.4 Å². The number of benzene rings is 1. The highest BCUT2D eigenvalue weighted by molar-refractivity contribution is 7.89. The Hall–Kier alpha value is -1.25. The fraction of sp³-hybridized carbons (Fsp3) is 0.300. The lowest BCUT2D eigenvalue weighted by molar-refractivity contribution is 0.0617. The van der Waals surface area contributed by atoms with Gasteiger partial charge in [0.1, 0.15) is 0 Å². The standard InChI is InChI=1S/C10H11ClF2N2O3S/c1-15(5-8(12)13)10(16)9-6(11)3-2-4-7(9)19(14,17)18/h2-4,8H,5H2,1H3,(H2,14,17,18). The van der Waals surface area contributed by atoms with Crippen LogP contribution in [0.5, 0.6) is 0 Å². The molecule has 0 spiro atoms. The maximum atomic E-state index is 12.2. The summed E-state index contributed by atoms with van der Waals surface area (Å²) in [6, 6.07) is 3.66. The number of sulfonamides is 1. The summed E-state index contributed by atoms with van der Waals surface area (Å²) >= 11 is 5.76. The molecule has 0 unspecified atom stereocenters. The largest absolute Gasteiger partial charge is 0.336 e. The van der Waals surface area contributed by atoms with Gasteiger partial charge in [0.25, 0.3) is 12.3 Å². The van der Waals surface area contributed by atoms with Crippen molar-refractivity contribution >= 4 is 27.5 Å². The van der Waals surface area contributed by atoms with Crippen molar-refractivity contribution in [2.24, 2.45) is 5.14 Å². The second-order valence-electron chi connectivity index (χ2n) is 3.73. The molecule has 1 aromatic rings. The monoisotopic (exact) mass is 312 g/mol. The van der Waals surface area contributed by atoms with Gasteiger partial charge in [0.2, 0.25) is 10.0 Å². The highest BCUT2D eigenvalue weighted by Gasteiger charge is 2.25. The molecular weight excluding hydrogens is 302 g/mol. The van der Waals surface area contributed by atoms with Crippen LogP contribution in [-0.4, -0.2) is 39.2 Å². The third-order valence-electron chi connectivity index (χ3n) is 2.25. The predicted octanol–water partition coefficient (Wildman–Crippen LogP) is 1.32. The van der Waals surface area contributed by atoms with Gasteiger partial charge in [-0.2, -0.15) is 0 Å². The number of hydrogen-bond donors (Lipinski definition) is 1. The van der Waals surface area contributed by atoms with Crippen LogP contribution in [0, 0.1) is 0 Å². The van der Waals surface area contributed by atoms with E-state index in [2.05, 4.69) is 0 Å². The van der Waals surface area contributed by atoms with Gasteiger partial charge in [0, 0.05) is 7.05 Å². The Balaban J connectivity index is 3.30. The van der Waals surface area contributed by atoms with Gasteiger partial charge in [0.05, 0.1) is 22.0 Å². The number of amides is 1. The number of nitrogens with zero attached hydrogens (tertiary/aromatic N) is 1. The van der Waals surface area contributed by atoms with Gasteiger partial charge in [-0.25, -0.2) is 22.3 Å². The summed E-state index contributed by atoms with van der Waals surface area (Å²) in [6.07, 6.45) is -2.74. The van der Waals surface area contributed by atoms with Gasteiger partial charge in [-0.1, -0.05) is 17.7 Å². The maximum absolute atomic E-state index is 12.2. The zero-order valence-electron chi connectivity index (χ0n) is 9.81. The van der Waals surface area contributed by atoms with Crippen molar-refractivity contribution in [1.82, 2.24) is 4.90 Å². The van der Waals surface area contributed by atoms with Crippen LogP contribution in [-0.2, 0) is 10.0 Å². The topological polar surface area (TPSA) is 80.5 Å². The molecular formula is C10H11ClF2N2O3S. The number of alkyl halides is 2. The fourth-order valence-corrected chi connectivity index (χ4v) is 2.49. The number of carbonyl (C=O) groups excluding carboxylic acids is 1. The van der Waals surface area contributed by atoms with Crippen LogP contribution < -0.4 is 5.14 Å². The Morgan fingerprint density at radius 2 is 2.05 bits per heavy atom. The summed E-state index contributed by atoms with van der Waals surface area (Å²) in [4.78, 5) is 12.1. The van der Waals surface area contributed by atoms with Crippen LogP contribution in [0.4, 0.5) is 8.78 Å². The molecule has 0 aliphatic rings. The third-order valence-corrected chi connectivity index (χ3v) is 3.52. The molecule has 0 aliphatic carbocycles. The van der Waals surface area contributed by atoms with Crippen molar-refractivity contribution in [2.75, 3.05) is 13.6 Å². The highest BCUT2D eigenvalue weighted by Crippen LogP contribution is 2.24. The summed E-state index contributed by atoms with van der Waals surface area (Å²) in [5.74, 6) is -0.935. The molecule has 0 aliphatic heterocycles. The van der Waals surface area contributed by atoms with Crippen LogP contribution in [0.25, 0.3) is 0 Å². The van der Waals surface area contributed by atoms with Gasteiger partial charge in [-0.3, -0.25) is 4.79 Å². The summed E-state index contributed by atoms with van der Waals surface area (Å²) in [5.41, 5.74) is -0.408. The quantitative estimate of drug-likeness (QED) is 0.910. The number of halogens is 3. The van der Waals surface area contributed by atoms with Crippen LogP contribution in [0.3, 0.4) is 0 Å². The van der Waals surface area contributed by atoms with E-state index in [-0.39, 0.29) is 5.02 Å². The van der Waals surface area contributed by atoms with E-state index in [1.54, 1.807) is 0 Å². The Morgan fingerprint density at radius 3 is 2.53 bits per heavy atom. The SMILES string of the molecule is CN(CC(F)F)C(=O)c1c(Cl)cccc1S(N)(=O)=O. The third kappa shape index (κ3) is 3.85. The molecule has 1 aromatic carbocycles. The van der Waals surface area contributed by atoms with Crippen molar-refractivity contribution in [3.63, 3.8) is 0 Å². The second kappa shape index (κ2) is 5.81. The first-order valence-corrected chi connectivity index (χ1v) is 6.92. The van der Waals surface area contributed by atoms with Gasteiger partial charge < -0.3 is 4.90 Å². The van der Waals surface area contributed by atoms with Gasteiger partial charge in [-0.05, 0) is 12.1 Å². The molecule has 0 heterocycles. The number of hydrogen-bond acceptors (Lipinski definition) is 3. The molecule has 1 amide bonds. The molecule has 0 saturated heterocycles. The lowest BCUT2D eigenvalue weighted by Gasteiger charge is -2.18. The van der Waals surface area contributed by atoms with E-state index in [1.807, 2.05) is 0 Å². The van der Waals surface area contributed by atoms with E-state index in [0.29, 0.717) is 4.90 Å². The average Bonchev–Trinajstić information content (AvgIpc) is 2.25. The minimum Gasteiger partial charge on any atom is -0.336 e. The van der Waals surface area contributed by atoms with Crippen molar-refractivity contribution < 1.29 is 22.0 Å². The van der Waals surface area contributed by atoms with Gasteiger partial charge in [-0.15, -0.1) is 0 Å². The van der Waals surface area contributed by atoms with Crippen molar-refractivity contribution in [2.45, 2.75) is 11.3 Å². The molecule has 2 N–H and O–H groups in total. The lowest BCUT2D eigenvalue weighted by Crippen LogP contribution is -2.33. The van der Waals surface area contributed by atoms with E-state index >= 15 is 0 Å². The molecule has 9 heteroatoms. The average molecular weight is 313 g/mol. The molecule has 19 heavy (non-hydrogen) atoms. The molecule has 1 rings (SSSR count). The maximum Gasteiger partial charge on any atom is 0.256 e. The number of primary sulfonamides is 1. The smallest absolute Gasteiger partial charge is 0.256 e. The normalized spacial score (nSPS) is 11.7. The molecule has 5 nitrogen and oxygen atoms in total. The van der Waals surface area contributed by atoms with E-state index in [0.717, 1.165) is 13.1 Å². The van der Waals surface area contributed by atoms with Crippen LogP contribution >= 0.6 is 11.6 Å². The number of carbonyl (C=O) groups is 1. The molecule has 0 radical (unpaired) electrons. The molecule has 0 saturated carbocycles. The first-order valence-electron chi connectivity index (χ1n) is 4.99. The van der Waals surface area contributed by atoms with Crippen molar-refractivity contribution in [3.05, 3.63) is 28.8 Å². The Labute approximate surface area is 114 Å². The molecule has 0 bridgehead atoms. The summed E-state index contributed by atoms with van der Waals surface area (Å²) in [5, 5.41) is 4.79. The molecule has 0 fully saturated rings. The molecule has 106 valence electrons. The summed E-state index contributed by atoms with van der Waals surface area (Å²) < 4.78 is 47.2. The summed E-state index contributed by atoms with van der Waals surface area (Å²) in [6.45, 7) is -0.839. The highest BCUT2D eigenvalue weighted by atomic mass is 35.5. The van der Waals surface area contributed by atoms with E-state index < -0.39 is 39.4 Å². The fourth-order valence-electron chi connectivity index (χ4n) is 1.43. The second-order valence-corrected chi connectivity index (χ2v) is 5.67. The lowest BCUT2D eigenvalue weighted by atomic mass is 10.2. The Morgan fingerprint density at radius 1 is 1.47 bits per heavy atom. The minimum atomic E-state index is -4.18. The zero-order valence-corrected chi connectivity index (χ0v) is 11.4. The zero-order chi connectivity index (χ0) is 14.8. The van der Waals surface area contributed by atoms with Crippen molar-refractivity contribution in [3.8, 4) is 0 Å². The Bertz CT molecular complexity index is 592. The van der Waals surface area contributed by atoms with E-state index in [1.165, 1.54) is 12.1 Å². The van der Waals surface area contributed by atoms with Crippen molar-refractivity contribution in [1.29, 1.82) is 0 Å². The van der Waals surface area contributed by atoms with E-state index in [9.17, 15) is 22.0 Å². The van der Waals surface area contributed by atoms with Crippen LogP contribution in [0.15, 0.2) is 23.1 Å². The van der Waals surface area contributed by atoms with Crippen LogP contribution in [0.2, 0.25) is 5.02 Å². The molecule has 0 aromatic heterocycles. The minimum absolute atomic E-state index is 0.169. The number of nitrogens with two attached hydrogens (primary N) is 1. The van der Waals surface area contributed by atoms with E-state index in [4.69, 9.17) is 16.7 Å².